The lowest BCUT2D eigenvalue weighted by Crippen LogP contribution is -2.52. The van der Waals surface area contributed by atoms with Crippen LogP contribution in [0.2, 0.25) is 0 Å². The molecule has 1 saturated carbocycles. The van der Waals surface area contributed by atoms with E-state index < -0.39 is 35.0 Å². The van der Waals surface area contributed by atoms with Crippen molar-refractivity contribution in [3.63, 3.8) is 0 Å². The predicted molar refractivity (Wildman–Crippen MR) is 124 cm³/mol. The lowest BCUT2D eigenvalue weighted by molar-refractivity contribution is -0.154. The van der Waals surface area contributed by atoms with E-state index in [1.807, 2.05) is 54.6 Å². The molecule has 0 spiro atoms. The Labute approximate surface area is 199 Å². The van der Waals surface area contributed by atoms with E-state index in [9.17, 15) is 15.0 Å². The van der Waals surface area contributed by atoms with Gasteiger partial charge in [0.05, 0.1) is 31.0 Å². The van der Waals surface area contributed by atoms with E-state index in [0.717, 1.165) is 10.0 Å². The first-order valence-electron chi connectivity index (χ1n) is 10.5. The fourth-order valence-electron chi connectivity index (χ4n) is 5.55. The van der Waals surface area contributed by atoms with Gasteiger partial charge < -0.3 is 25.0 Å². The molecule has 3 N–H and O–H groups in total. The summed E-state index contributed by atoms with van der Waals surface area (Å²) in [5.74, 6) is -1.55. The number of rotatable bonds is 4. The minimum atomic E-state index is -2.00. The highest BCUT2D eigenvalue weighted by atomic mass is 79.9. The molecule has 2 heterocycles. The zero-order valence-corrected chi connectivity index (χ0v) is 19.6. The molecule has 8 heteroatoms. The third-order valence-electron chi connectivity index (χ3n) is 6.86. The predicted octanol–water partition coefficient (Wildman–Crippen LogP) is 2.85. The zero-order valence-electron chi connectivity index (χ0n) is 18.0. The van der Waals surface area contributed by atoms with Gasteiger partial charge in [-0.25, -0.2) is 0 Å². The monoisotopic (exact) mass is 510 g/mol. The highest BCUT2D eigenvalue weighted by Crippen LogP contribution is 2.69. The number of benzene rings is 2. The second kappa shape index (κ2) is 7.83. The molecule has 3 aromatic rings. The quantitative estimate of drug-likeness (QED) is 0.498. The van der Waals surface area contributed by atoms with Crippen LogP contribution in [-0.2, 0) is 16.0 Å². The molecule has 1 aromatic heterocycles. The van der Waals surface area contributed by atoms with Gasteiger partial charge in [0.25, 0.3) is 0 Å². The molecule has 2 aliphatic rings. The first-order valence-corrected chi connectivity index (χ1v) is 11.3. The van der Waals surface area contributed by atoms with Gasteiger partial charge in [0, 0.05) is 17.4 Å². The summed E-state index contributed by atoms with van der Waals surface area (Å²) < 4.78 is 13.0. The standard InChI is InChI=1S/C25H23BrN2O5/c1-27-23(30)19-20(14-6-4-3-5-7-14)25(15-8-10-16(26)11-9-15)24(31,22(19)29)21-17(32-2)12-28-13-18(21)33-25/h3-13,19-20,22,29,31H,1-2H3,(H,27,30)/t19-,20?,22-,24?,25-/m1/s1. The number of methoxy groups -OCH3 is 1. The fourth-order valence-corrected chi connectivity index (χ4v) is 5.82. The number of nitrogens with one attached hydrogen (secondary N) is 1. The Kier molecular flexibility index (Phi) is 5.19. The molecular formula is C25H23BrN2O5. The Hall–Kier alpha value is -2.94. The second-order valence-electron chi connectivity index (χ2n) is 8.30. The van der Waals surface area contributed by atoms with Crippen molar-refractivity contribution in [1.29, 1.82) is 0 Å². The van der Waals surface area contributed by atoms with Crippen LogP contribution in [0.15, 0.2) is 71.5 Å². The van der Waals surface area contributed by atoms with Crippen molar-refractivity contribution in [1.82, 2.24) is 10.3 Å². The van der Waals surface area contributed by atoms with E-state index in [0.29, 0.717) is 11.3 Å². The van der Waals surface area contributed by atoms with Crippen molar-refractivity contribution < 1.29 is 24.5 Å². The lowest BCUT2D eigenvalue weighted by Gasteiger charge is -2.40. The van der Waals surface area contributed by atoms with Crippen LogP contribution in [0.25, 0.3) is 0 Å². The number of fused-ring (bicyclic) bond motifs is 3. The average molecular weight is 511 g/mol. The Morgan fingerprint density at radius 1 is 1.15 bits per heavy atom. The molecule has 1 fully saturated rings. The van der Waals surface area contributed by atoms with Crippen molar-refractivity contribution in [2.24, 2.45) is 5.92 Å². The summed E-state index contributed by atoms with van der Waals surface area (Å²) in [7, 11) is 2.98. The molecule has 5 atom stereocenters. The van der Waals surface area contributed by atoms with Crippen molar-refractivity contribution >= 4 is 21.8 Å². The molecule has 2 aromatic carbocycles. The molecule has 1 aliphatic heterocycles. The molecule has 0 saturated heterocycles. The van der Waals surface area contributed by atoms with Crippen LogP contribution in [-0.4, -0.2) is 41.4 Å². The number of carbonyl (C=O) groups is 1. The summed E-state index contributed by atoms with van der Waals surface area (Å²) in [5.41, 5.74) is -1.87. The number of carbonyl (C=O) groups excluding carboxylic acids is 1. The Morgan fingerprint density at radius 3 is 2.48 bits per heavy atom. The summed E-state index contributed by atoms with van der Waals surface area (Å²) in [4.78, 5) is 17.4. The molecule has 5 rings (SSSR count). The maximum absolute atomic E-state index is 13.2. The molecule has 0 radical (unpaired) electrons. The van der Waals surface area contributed by atoms with Gasteiger partial charge in [0.1, 0.15) is 17.6 Å². The molecule has 7 nitrogen and oxygen atoms in total. The number of pyridine rings is 1. The minimum absolute atomic E-state index is 0.275. The summed E-state index contributed by atoms with van der Waals surface area (Å²) in [6, 6.07) is 16.7. The van der Waals surface area contributed by atoms with E-state index >= 15 is 0 Å². The maximum atomic E-state index is 13.2. The smallest absolute Gasteiger partial charge is 0.226 e. The number of aliphatic hydroxyl groups is 2. The number of amides is 1. The Balaban J connectivity index is 1.89. The van der Waals surface area contributed by atoms with Crippen LogP contribution in [0.1, 0.15) is 22.6 Å². The van der Waals surface area contributed by atoms with Gasteiger partial charge >= 0.3 is 0 Å². The number of aromatic nitrogens is 1. The highest BCUT2D eigenvalue weighted by molar-refractivity contribution is 9.10. The molecule has 170 valence electrons. The first-order chi connectivity index (χ1) is 15.9. The summed E-state index contributed by atoms with van der Waals surface area (Å²) >= 11 is 3.46. The number of aliphatic hydroxyl groups excluding tert-OH is 1. The summed E-state index contributed by atoms with van der Waals surface area (Å²) in [5, 5.41) is 26.9. The largest absolute Gasteiger partial charge is 0.495 e. The first kappa shape index (κ1) is 21.9. The summed E-state index contributed by atoms with van der Waals surface area (Å²) in [6.07, 6.45) is 1.47. The van der Waals surface area contributed by atoms with Crippen LogP contribution < -0.4 is 14.8 Å². The number of hydrogen-bond donors (Lipinski definition) is 3. The van der Waals surface area contributed by atoms with E-state index in [1.165, 1.54) is 26.6 Å². The number of ether oxygens (including phenoxy) is 2. The van der Waals surface area contributed by atoms with Crippen LogP contribution in [0.4, 0.5) is 0 Å². The Morgan fingerprint density at radius 2 is 1.85 bits per heavy atom. The average Bonchev–Trinajstić information content (AvgIpc) is 3.22. The molecule has 0 bridgehead atoms. The van der Waals surface area contributed by atoms with E-state index in [4.69, 9.17) is 9.47 Å². The number of hydrogen-bond acceptors (Lipinski definition) is 6. The van der Waals surface area contributed by atoms with E-state index in [2.05, 4.69) is 26.2 Å². The highest BCUT2D eigenvalue weighted by Gasteiger charge is 2.78. The second-order valence-corrected chi connectivity index (χ2v) is 9.21. The zero-order chi connectivity index (χ0) is 23.4. The van der Waals surface area contributed by atoms with E-state index in [-0.39, 0.29) is 11.3 Å². The van der Waals surface area contributed by atoms with Gasteiger partial charge in [0.2, 0.25) is 5.91 Å². The van der Waals surface area contributed by atoms with Crippen molar-refractivity contribution in [3.8, 4) is 11.5 Å². The van der Waals surface area contributed by atoms with Crippen LogP contribution in [0, 0.1) is 5.92 Å². The molecule has 2 unspecified atom stereocenters. The lowest BCUT2D eigenvalue weighted by atomic mass is 9.70. The van der Waals surface area contributed by atoms with Gasteiger partial charge in [0.15, 0.2) is 11.2 Å². The normalized spacial score (nSPS) is 29.7. The third-order valence-corrected chi connectivity index (χ3v) is 7.39. The SMILES string of the molecule is CNC(=O)[C@@H]1C(c2ccccc2)[C@@]2(c3ccc(Br)cc3)Oc3cncc(OC)c3C2(O)[C@@H]1O. The molecular weight excluding hydrogens is 488 g/mol. The van der Waals surface area contributed by atoms with Crippen LogP contribution in [0.5, 0.6) is 11.5 Å². The van der Waals surface area contributed by atoms with Gasteiger partial charge in [-0.2, -0.15) is 0 Å². The molecule has 1 amide bonds. The van der Waals surface area contributed by atoms with Crippen LogP contribution in [0.3, 0.4) is 0 Å². The fraction of sp³-hybridized carbons (Fsp3) is 0.280. The van der Waals surface area contributed by atoms with E-state index in [1.54, 1.807) is 0 Å². The van der Waals surface area contributed by atoms with Gasteiger partial charge in [-0.1, -0.05) is 58.4 Å². The third kappa shape index (κ3) is 2.81. The van der Waals surface area contributed by atoms with Crippen molar-refractivity contribution in [2.45, 2.75) is 23.2 Å². The van der Waals surface area contributed by atoms with Gasteiger partial charge in [-0.15, -0.1) is 0 Å². The van der Waals surface area contributed by atoms with Gasteiger partial charge in [-0.3, -0.25) is 9.78 Å². The van der Waals surface area contributed by atoms with Crippen molar-refractivity contribution in [3.05, 3.63) is 88.2 Å². The maximum Gasteiger partial charge on any atom is 0.226 e. The van der Waals surface area contributed by atoms with Crippen molar-refractivity contribution in [2.75, 3.05) is 14.2 Å². The Bertz CT molecular complexity index is 1210. The molecule has 1 aliphatic carbocycles. The molecule has 33 heavy (non-hydrogen) atoms. The van der Waals surface area contributed by atoms with Gasteiger partial charge in [-0.05, 0) is 23.3 Å². The van der Waals surface area contributed by atoms with Crippen LogP contribution >= 0.6 is 15.9 Å². The topological polar surface area (TPSA) is 101 Å². The number of halogens is 1. The number of nitrogens with zero attached hydrogens (tertiary/aromatic N) is 1. The summed E-state index contributed by atoms with van der Waals surface area (Å²) in [6.45, 7) is 0. The minimum Gasteiger partial charge on any atom is -0.495 e.